The number of aliphatic hydroxyl groups excluding tert-OH is 1. The Bertz CT molecular complexity index is 189. The van der Waals surface area contributed by atoms with Gasteiger partial charge in [0, 0.05) is 6.54 Å². The van der Waals surface area contributed by atoms with E-state index in [2.05, 4.69) is 10.3 Å². The molecule has 0 aromatic rings. The minimum atomic E-state index is -0.581. The van der Waals surface area contributed by atoms with Crippen LogP contribution in [0, 0.1) is 0 Å². The van der Waals surface area contributed by atoms with Crippen LogP contribution in [-0.2, 0) is 4.74 Å². The van der Waals surface area contributed by atoms with E-state index in [4.69, 9.17) is 33.0 Å². The Labute approximate surface area is 86.9 Å². The molecular formula is C7H12Cl2N2O2. The second kappa shape index (κ2) is 5.52. The van der Waals surface area contributed by atoms with E-state index in [0.29, 0.717) is 25.0 Å². The fourth-order valence-corrected chi connectivity index (χ4v) is 1.12. The van der Waals surface area contributed by atoms with E-state index in [-0.39, 0.29) is 12.0 Å². The second-order valence-corrected chi connectivity index (χ2v) is 3.35. The van der Waals surface area contributed by atoms with Gasteiger partial charge in [0.1, 0.15) is 6.10 Å². The van der Waals surface area contributed by atoms with Crippen molar-refractivity contribution in [3.05, 3.63) is 0 Å². The zero-order valence-electron chi connectivity index (χ0n) is 7.04. The van der Waals surface area contributed by atoms with Crippen molar-refractivity contribution in [3.63, 3.8) is 0 Å². The van der Waals surface area contributed by atoms with Crippen LogP contribution in [0.5, 0.6) is 0 Å². The highest BCUT2D eigenvalue weighted by atomic mass is 35.5. The Morgan fingerprint density at radius 3 is 3.00 bits per heavy atom. The lowest BCUT2D eigenvalue weighted by molar-refractivity contribution is 0.191. The van der Waals surface area contributed by atoms with Gasteiger partial charge in [0.15, 0.2) is 0 Å². The van der Waals surface area contributed by atoms with Crippen molar-refractivity contribution in [1.29, 1.82) is 0 Å². The Balaban J connectivity index is 2.17. The molecule has 0 fully saturated rings. The Morgan fingerprint density at radius 2 is 2.46 bits per heavy atom. The summed E-state index contributed by atoms with van der Waals surface area (Å²) in [6.07, 6.45) is -0.625. The van der Waals surface area contributed by atoms with Crippen LogP contribution in [0.3, 0.4) is 0 Å². The zero-order chi connectivity index (χ0) is 9.68. The van der Waals surface area contributed by atoms with Crippen molar-refractivity contribution in [2.24, 2.45) is 4.99 Å². The van der Waals surface area contributed by atoms with Crippen LogP contribution in [0.2, 0.25) is 0 Å². The molecule has 13 heavy (non-hydrogen) atoms. The van der Waals surface area contributed by atoms with Crippen LogP contribution < -0.4 is 5.32 Å². The van der Waals surface area contributed by atoms with E-state index in [0.717, 1.165) is 0 Å². The highest BCUT2D eigenvalue weighted by Crippen LogP contribution is 2.04. The molecule has 2 unspecified atom stereocenters. The highest BCUT2D eigenvalue weighted by molar-refractivity contribution is 6.18. The summed E-state index contributed by atoms with van der Waals surface area (Å²) in [5.74, 6) is 0.617. The van der Waals surface area contributed by atoms with Crippen LogP contribution in [0.4, 0.5) is 0 Å². The van der Waals surface area contributed by atoms with E-state index in [1.165, 1.54) is 0 Å². The fourth-order valence-electron chi connectivity index (χ4n) is 0.855. The molecule has 2 N–H and O–H groups in total. The summed E-state index contributed by atoms with van der Waals surface area (Å²) in [7, 11) is 0. The number of rotatable bonds is 4. The summed E-state index contributed by atoms with van der Waals surface area (Å²) in [6, 6.07) is 0.440. The first kappa shape index (κ1) is 10.9. The Hall–Kier alpha value is -0.190. The molecule has 0 aliphatic carbocycles. The SMILES string of the molecule is OC(CCl)CNC1=NCC(CCl)O1. The van der Waals surface area contributed by atoms with Gasteiger partial charge in [-0.3, -0.25) is 0 Å². The van der Waals surface area contributed by atoms with Gasteiger partial charge in [0.05, 0.1) is 24.4 Å². The molecule has 1 heterocycles. The molecule has 0 bridgehead atoms. The van der Waals surface area contributed by atoms with E-state index in [1.807, 2.05) is 0 Å². The molecule has 4 nitrogen and oxygen atoms in total. The molecule has 0 saturated carbocycles. The molecule has 1 aliphatic heterocycles. The summed E-state index contributed by atoms with van der Waals surface area (Å²) in [6.45, 7) is 0.917. The first-order chi connectivity index (χ1) is 6.26. The van der Waals surface area contributed by atoms with Gasteiger partial charge in [-0.05, 0) is 0 Å². The van der Waals surface area contributed by atoms with Gasteiger partial charge in [-0.2, -0.15) is 0 Å². The Kier molecular flexibility index (Phi) is 4.62. The van der Waals surface area contributed by atoms with Crippen molar-refractivity contribution in [2.75, 3.05) is 24.8 Å². The monoisotopic (exact) mass is 226 g/mol. The summed E-state index contributed by atoms with van der Waals surface area (Å²) < 4.78 is 5.26. The van der Waals surface area contributed by atoms with Crippen LogP contribution in [0.1, 0.15) is 0 Å². The highest BCUT2D eigenvalue weighted by Gasteiger charge is 2.18. The van der Waals surface area contributed by atoms with Gasteiger partial charge in [-0.15, -0.1) is 23.2 Å². The first-order valence-electron chi connectivity index (χ1n) is 4.01. The molecule has 1 aliphatic rings. The molecule has 0 aromatic carbocycles. The third-order valence-electron chi connectivity index (χ3n) is 1.56. The number of hydrogen-bond acceptors (Lipinski definition) is 4. The van der Waals surface area contributed by atoms with Crippen molar-refractivity contribution in [3.8, 4) is 0 Å². The Morgan fingerprint density at radius 1 is 1.69 bits per heavy atom. The standard InChI is InChI=1S/C7H12Cl2N2O2/c8-1-5(12)3-10-7-11-4-6(2-9)13-7/h5-6,12H,1-4H2,(H,10,11). The van der Waals surface area contributed by atoms with Crippen LogP contribution in [0.15, 0.2) is 4.99 Å². The van der Waals surface area contributed by atoms with Gasteiger partial charge < -0.3 is 15.2 Å². The first-order valence-corrected chi connectivity index (χ1v) is 5.08. The number of halogens is 2. The van der Waals surface area contributed by atoms with E-state index in [1.54, 1.807) is 0 Å². The van der Waals surface area contributed by atoms with E-state index < -0.39 is 6.10 Å². The summed E-state index contributed by atoms with van der Waals surface area (Å²) >= 11 is 11.0. The molecule has 6 heteroatoms. The normalized spacial score (nSPS) is 23.6. The van der Waals surface area contributed by atoms with Crippen LogP contribution in [0.25, 0.3) is 0 Å². The van der Waals surface area contributed by atoms with Gasteiger partial charge >= 0.3 is 0 Å². The van der Waals surface area contributed by atoms with Crippen molar-refractivity contribution < 1.29 is 9.84 Å². The number of aliphatic hydroxyl groups is 1. The number of amidine groups is 1. The third kappa shape index (κ3) is 3.58. The lowest BCUT2D eigenvalue weighted by Crippen LogP contribution is -2.34. The lowest BCUT2D eigenvalue weighted by atomic mass is 10.4. The predicted octanol–water partition coefficient (Wildman–Crippen LogP) is 0.169. The molecule has 0 spiro atoms. The molecule has 0 aromatic heterocycles. The molecule has 2 atom stereocenters. The molecule has 0 radical (unpaired) electrons. The van der Waals surface area contributed by atoms with Gasteiger partial charge in [-0.1, -0.05) is 0 Å². The van der Waals surface area contributed by atoms with Crippen molar-refractivity contribution in [1.82, 2.24) is 5.32 Å². The van der Waals surface area contributed by atoms with Crippen LogP contribution >= 0.6 is 23.2 Å². The average molecular weight is 227 g/mol. The maximum atomic E-state index is 9.11. The molecule has 0 amide bonds. The van der Waals surface area contributed by atoms with Crippen LogP contribution in [-0.4, -0.2) is 48.2 Å². The minimum Gasteiger partial charge on any atom is -0.459 e. The third-order valence-corrected chi connectivity index (χ3v) is 2.26. The second-order valence-electron chi connectivity index (χ2n) is 2.73. The van der Waals surface area contributed by atoms with Gasteiger partial charge in [0.2, 0.25) is 0 Å². The summed E-state index contributed by atoms with van der Waals surface area (Å²) in [4.78, 5) is 4.04. The number of nitrogens with zero attached hydrogens (tertiary/aromatic N) is 1. The van der Waals surface area contributed by atoms with E-state index >= 15 is 0 Å². The maximum Gasteiger partial charge on any atom is 0.285 e. The van der Waals surface area contributed by atoms with Gasteiger partial charge in [0.25, 0.3) is 6.02 Å². The fraction of sp³-hybridized carbons (Fsp3) is 0.857. The lowest BCUT2D eigenvalue weighted by Gasteiger charge is -2.11. The van der Waals surface area contributed by atoms with E-state index in [9.17, 15) is 0 Å². The summed E-state index contributed by atoms with van der Waals surface area (Å²) in [5.41, 5.74) is 0. The maximum absolute atomic E-state index is 9.11. The average Bonchev–Trinajstić information content (AvgIpc) is 2.61. The minimum absolute atomic E-state index is 0.0442. The quantitative estimate of drug-likeness (QED) is 0.673. The molecule has 76 valence electrons. The van der Waals surface area contributed by atoms with Crippen molar-refractivity contribution >= 4 is 29.2 Å². The predicted molar refractivity (Wildman–Crippen MR) is 52.6 cm³/mol. The van der Waals surface area contributed by atoms with Gasteiger partial charge in [-0.25, -0.2) is 4.99 Å². The number of aliphatic imine (C=N–C) groups is 1. The molecule has 0 saturated heterocycles. The topological polar surface area (TPSA) is 53.8 Å². The molecule has 1 rings (SSSR count). The number of nitrogens with one attached hydrogen (secondary N) is 1. The van der Waals surface area contributed by atoms with Crippen molar-refractivity contribution in [2.45, 2.75) is 12.2 Å². The smallest absolute Gasteiger partial charge is 0.285 e. The number of hydrogen-bond donors (Lipinski definition) is 2. The number of ether oxygens (including phenoxy) is 1. The zero-order valence-corrected chi connectivity index (χ0v) is 8.55. The molecular weight excluding hydrogens is 215 g/mol. The summed E-state index contributed by atoms with van der Waals surface area (Å²) in [5, 5.41) is 11.9. The largest absolute Gasteiger partial charge is 0.459 e. The number of alkyl halides is 2.